The molecule has 1 aromatic heterocycles. The number of para-hydroxylation sites is 1. The van der Waals surface area contributed by atoms with Crippen molar-refractivity contribution in [1.82, 2.24) is 0 Å². The average Bonchev–Trinajstić information content (AvgIpc) is 3.72. The number of ether oxygens (including phenoxy) is 1. The van der Waals surface area contributed by atoms with E-state index in [0.717, 1.165) is 22.6 Å². The second kappa shape index (κ2) is 10.9. The molecule has 8 aromatic carbocycles. The fourth-order valence-corrected chi connectivity index (χ4v) is 9.97. The second-order valence-electron chi connectivity index (χ2n) is 13.6. The van der Waals surface area contributed by atoms with Crippen molar-refractivity contribution in [2.24, 2.45) is 0 Å². The van der Waals surface area contributed by atoms with Crippen molar-refractivity contribution in [2.75, 3.05) is 0 Å². The minimum atomic E-state index is -0.445. The minimum Gasteiger partial charge on any atom is -0.457 e. The first-order valence-corrected chi connectivity index (χ1v) is 18.3. The van der Waals surface area contributed by atoms with Crippen molar-refractivity contribution in [1.29, 1.82) is 0 Å². The SMILES string of the molecule is c1cc(-c2ccc(-c3cccc4c3sc3ccccc34)cc2)cc(-c2ccc3c(c2)Oc2ccccc2C32c3ccccc3-c3ccccc32)c1. The lowest BCUT2D eigenvalue weighted by Gasteiger charge is -2.39. The van der Waals surface area contributed by atoms with Gasteiger partial charge in [-0.25, -0.2) is 0 Å². The zero-order chi connectivity index (χ0) is 33.5. The van der Waals surface area contributed by atoms with E-state index < -0.39 is 5.41 Å². The van der Waals surface area contributed by atoms with Crippen molar-refractivity contribution >= 4 is 31.5 Å². The van der Waals surface area contributed by atoms with E-state index in [1.54, 1.807) is 0 Å². The van der Waals surface area contributed by atoms with Crippen molar-refractivity contribution in [3.8, 4) is 56.0 Å². The number of hydrogen-bond acceptors (Lipinski definition) is 2. The zero-order valence-corrected chi connectivity index (χ0v) is 28.5. The van der Waals surface area contributed by atoms with E-state index in [1.165, 1.54) is 75.8 Å². The highest BCUT2D eigenvalue weighted by Gasteiger charge is 2.50. The Morgan fingerprint density at radius 1 is 0.353 bits per heavy atom. The number of hydrogen-bond donors (Lipinski definition) is 0. The van der Waals surface area contributed by atoms with Gasteiger partial charge in [0, 0.05) is 31.3 Å². The van der Waals surface area contributed by atoms with Crippen molar-refractivity contribution in [3.63, 3.8) is 0 Å². The van der Waals surface area contributed by atoms with Crippen LogP contribution in [0.5, 0.6) is 11.5 Å². The first-order chi connectivity index (χ1) is 25.3. The molecule has 0 saturated carbocycles. The van der Waals surface area contributed by atoms with Gasteiger partial charge in [0.1, 0.15) is 11.5 Å². The summed E-state index contributed by atoms with van der Waals surface area (Å²) in [5.41, 5.74) is 14.4. The van der Waals surface area contributed by atoms with Crippen LogP contribution >= 0.6 is 11.3 Å². The third-order valence-corrected chi connectivity index (χ3v) is 12.2. The van der Waals surface area contributed by atoms with Crippen molar-refractivity contribution < 1.29 is 4.74 Å². The molecule has 11 rings (SSSR count). The lowest BCUT2D eigenvalue weighted by Crippen LogP contribution is -2.32. The van der Waals surface area contributed by atoms with E-state index >= 15 is 0 Å². The smallest absolute Gasteiger partial charge is 0.132 e. The Balaban J connectivity index is 0.994. The van der Waals surface area contributed by atoms with Crippen molar-refractivity contribution in [2.45, 2.75) is 5.41 Å². The molecule has 2 heterocycles. The molecule has 0 fully saturated rings. The van der Waals surface area contributed by atoms with Crippen LogP contribution < -0.4 is 4.74 Å². The number of benzene rings is 8. The first kappa shape index (κ1) is 28.6. The van der Waals surface area contributed by atoms with Crippen LogP contribution in [0.15, 0.2) is 182 Å². The molecule has 0 atom stereocenters. The summed E-state index contributed by atoms with van der Waals surface area (Å²) in [6.07, 6.45) is 0. The lowest BCUT2D eigenvalue weighted by atomic mass is 9.66. The Bertz CT molecular complexity index is 2790. The third kappa shape index (κ3) is 4.08. The highest BCUT2D eigenvalue weighted by molar-refractivity contribution is 7.26. The fourth-order valence-electron chi connectivity index (χ4n) is 8.74. The molecule has 1 aliphatic heterocycles. The van der Waals surface area contributed by atoms with Gasteiger partial charge in [0.15, 0.2) is 0 Å². The molecular formula is C49H30OS. The monoisotopic (exact) mass is 666 g/mol. The maximum Gasteiger partial charge on any atom is 0.132 e. The highest BCUT2D eigenvalue weighted by atomic mass is 32.1. The van der Waals surface area contributed by atoms with Gasteiger partial charge in [0.05, 0.1) is 5.41 Å². The van der Waals surface area contributed by atoms with Gasteiger partial charge in [-0.05, 0) is 79.9 Å². The van der Waals surface area contributed by atoms with Gasteiger partial charge in [0.25, 0.3) is 0 Å². The molecule has 238 valence electrons. The highest BCUT2D eigenvalue weighted by Crippen LogP contribution is 2.62. The molecule has 0 unspecified atom stereocenters. The summed E-state index contributed by atoms with van der Waals surface area (Å²) in [5.74, 6) is 1.82. The lowest BCUT2D eigenvalue weighted by molar-refractivity contribution is 0.436. The molecule has 0 bridgehead atoms. The number of thiophene rings is 1. The molecule has 0 saturated heterocycles. The Hall–Kier alpha value is -6.22. The van der Waals surface area contributed by atoms with E-state index in [-0.39, 0.29) is 0 Å². The van der Waals surface area contributed by atoms with Gasteiger partial charge in [-0.3, -0.25) is 0 Å². The molecule has 1 aliphatic carbocycles. The van der Waals surface area contributed by atoms with Crippen LogP contribution in [0.2, 0.25) is 0 Å². The Morgan fingerprint density at radius 2 is 0.902 bits per heavy atom. The van der Waals surface area contributed by atoms with Crippen LogP contribution in [-0.4, -0.2) is 0 Å². The molecule has 1 spiro atoms. The Kier molecular flexibility index (Phi) is 6.11. The summed E-state index contributed by atoms with van der Waals surface area (Å²) in [5, 5.41) is 2.66. The summed E-state index contributed by atoms with van der Waals surface area (Å²) in [6.45, 7) is 0. The van der Waals surface area contributed by atoms with Crippen LogP contribution in [0.4, 0.5) is 0 Å². The summed E-state index contributed by atoms with van der Waals surface area (Å²) < 4.78 is 9.45. The normalized spacial score (nSPS) is 13.4. The molecule has 0 amide bonds. The van der Waals surface area contributed by atoms with Crippen LogP contribution in [0.25, 0.3) is 64.7 Å². The largest absolute Gasteiger partial charge is 0.457 e. The van der Waals surface area contributed by atoms with Crippen LogP contribution in [0.1, 0.15) is 22.3 Å². The standard InChI is InChI=1S/C49H30OS/c1-4-18-41-37(13-1)38-14-2-5-19-42(38)49(41)43-20-6-7-21-45(43)50-46-30-35(27-28-44(46)49)34-12-9-11-33(29-34)31-23-25-32(26-24-31)36-16-10-17-40-39-15-3-8-22-47(39)51-48(36)40/h1-30H. The van der Waals surface area contributed by atoms with Gasteiger partial charge in [0.2, 0.25) is 0 Å². The molecule has 0 radical (unpaired) electrons. The average molecular weight is 667 g/mol. The van der Waals surface area contributed by atoms with E-state index in [4.69, 9.17) is 4.74 Å². The summed E-state index contributed by atoms with van der Waals surface area (Å²) in [7, 11) is 0. The number of rotatable bonds is 3. The van der Waals surface area contributed by atoms with Gasteiger partial charge < -0.3 is 4.74 Å². The van der Waals surface area contributed by atoms with Gasteiger partial charge in [-0.2, -0.15) is 0 Å². The van der Waals surface area contributed by atoms with E-state index in [0.29, 0.717) is 0 Å². The molecule has 2 aliphatic rings. The van der Waals surface area contributed by atoms with E-state index in [1.807, 2.05) is 11.3 Å². The molecule has 9 aromatic rings. The maximum absolute atomic E-state index is 6.78. The molecule has 0 N–H and O–H groups in total. The topological polar surface area (TPSA) is 9.23 Å². The fraction of sp³-hybridized carbons (Fsp3) is 0.0204. The second-order valence-corrected chi connectivity index (χ2v) is 14.6. The molecule has 1 nitrogen and oxygen atoms in total. The quantitative estimate of drug-likeness (QED) is 0.182. The zero-order valence-electron chi connectivity index (χ0n) is 27.6. The van der Waals surface area contributed by atoms with Crippen molar-refractivity contribution in [3.05, 3.63) is 204 Å². The molecule has 51 heavy (non-hydrogen) atoms. The van der Waals surface area contributed by atoms with Gasteiger partial charge in [-0.15, -0.1) is 11.3 Å². The number of fused-ring (bicyclic) bond motifs is 12. The van der Waals surface area contributed by atoms with E-state index in [2.05, 4.69) is 182 Å². The van der Waals surface area contributed by atoms with Crippen LogP contribution in [-0.2, 0) is 5.41 Å². The summed E-state index contributed by atoms with van der Waals surface area (Å²) >= 11 is 1.88. The van der Waals surface area contributed by atoms with Gasteiger partial charge >= 0.3 is 0 Å². The Morgan fingerprint density at radius 3 is 1.71 bits per heavy atom. The van der Waals surface area contributed by atoms with Gasteiger partial charge in [-0.1, -0.05) is 158 Å². The molecule has 2 heteroatoms. The third-order valence-electron chi connectivity index (χ3n) is 11.0. The van der Waals surface area contributed by atoms with E-state index in [9.17, 15) is 0 Å². The predicted octanol–water partition coefficient (Wildman–Crippen LogP) is 13.5. The van der Waals surface area contributed by atoms with Crippen LogP contribution in [0.3, 0.4) is 0 Å². The predicted molar refractivity (Wildman–Crippen MR) is 213 cm³/mol. The Labute approximate surface area is 300 Å². The molecular weight excluding hydrogens is 637 g/mol. The summed E-state index contributed by atoms with van der Waals surface area (Å²) in [4.78, 5) is 0. The maximum atomic E-state index is 6.78. The summed E-state index contributed by atoms with van der Waals surface area (Å²) in [6, 6.07) is 66.4. The minimum absolute atomic E-state index is 0.445. The van der Waals surface area contributed by atoms with Crippen LogP contribution in [0, 0.1) is 0 Å². The first-order valence-electron chi connectivity index (χ1n) is 17.5.